The van der Waals surface area contributed by atoms with E-state index in [1.54, 1.807) is 7.11 Å². The van der Waals surface area contributed by atoms with E-state index in [0.717, 1.165) is 19.3 Å². The average molecular weight is 294 g/mol. The molecule has 0 aromatic rings. The lowest BCUT2D eigenvalue weighted by Gasteiger charge is -2.22. The number of methoxy groups -OCH3 is 1. The van der Waals surface area contributed by atoms with E-state index in [4.69, 9.17) is 9.47 Å². The molecule has 16 heavy (non-hydrogen) atoms. The Kier molecular flexibility index (Phi) is 5.72. The third-order valence-electron chi connectivity index (χ3n) is 2.79. The number of nitrogens with one attached hydrogen (secondary N) is 1. The number of hydrogen-bond donors (Lipinski definition) is 1. The van der Waals surface area contributed by atoms with Gasteiger partial charge in [-0.25, -0.2) is 0 Å². The summed E-state index contributed by atoms with van der Waals surface area (Å²) in [5, 5.41) is 2.90. The molecule has 94 valence electrons. The minimum absolute atomic E-state index is 0.00196. The molecule has 0 spiro atoms. The molecule has 0 aliphatic carbocycles. The van der Waals surface area contributed by atoms with Crippen molar-refractivity contribution in [1.82, 2.24) is 5.32 Å². The lowest BCUT2D eigenvalue weighted by atomic mass is 10.0. The molecular weight excluding hydrogens is 274 g/mol. The van der Waals surface area contributed by atoms with Crippen molar-refractivity contribution in [3.8, 4) is 0 Å². The average Bonchev–Trinajstić information content (AvgIpc) is 2.67. The predicted molar refractivity (Wildman–Crippen MR) is 65.8 cm³/mol. The Labute approximate surface area is 105 Å². The normalized spacial score (nSPS) is 26.7. The van der Waals surface area contributed by atoms with Crippen LogP contribution in [-0.4, -0.2) is 43.2 Å². The summed E-state index contributed by atoms with van der Waals surface area (Å²) in [6.45, 7) is 3.85. The Morgan fingerprint density at radius 3 is 3.00 bits per heavy atom. The van der Waals surface area contributed by atoms with E-state index in [-0.39, 0.29) is 10.7 Å². The highest BCUT2D eigenvalue weighted by molar-refractivity contribution is 9.09. The first kappa shape index (κ1) is 13.9. The van der Waals surface area contributed by atoms with Gasteiger partial charge in [0.2, 0.25) is 0 Å². The molecule has 1 aliphatic rings. The number of ether oxygens (including phenoxy) is 2. The van der Waals surface area contributed by atoms with E-state index in [1.807, 2.05) is 6.92 Å². The van der Waals surface area contributed by atoms with Gasteiger partial charge < -0.3 is 14.8 Å². The van der Waals surface area contributed by atoms with Crippen molar-refractivity contribution in [2.75, 3.05) is 26.9 Å². The summed E-state index contributed by atoms with van der Waals surface area (Å²) in [6, 6.07) is 0. The van der Waals surface area contributed by atoms with Gasteiger partial charge in [0.1, 0.15) is 5.60 Å². The van der Waals surface area contributed by atoms with Crippen molar-refractivity contribution < 1.29 is 14.3 Å². The molecule has 1 aliphatic heterocycles. The summed E-state index contributed by atoms with van der Waals surface area (Å²) in [6.07, 6.45) is 2.64. The molecule has 1 saturated heterocycles. The van der Waals surface area contributed by atoms with Gasteiger partial charge in [0.05, 0.1) is 6.61 Å². The van der Waals surface area contributed by atoms with E-state index < -0.39 is 5.60 Å². The monoisotopic (exact) mass is 293 g/mol. The lowest BCUT2D eigenvalue weighted by Crippen LogP contribution is -2.44. The molecule has 5 heteroatoms. The highest BCUT2D eigenvalue weighted by Crippen LogP contribution is 2.24. The molecule has 0 aromatic heterocycles. The van der Waals surface area contributed by atoms with Crippen LogP contribution in [0.25, 0.3) is 0 Å². The number of hydrogen-bond acceptors (Lipinski definition) is 3. The second kappa shape index (κ2) is 6.57. The molecule has 0 saturated carbocycles. The molecule has 2 atom stereocenters. The van der Waals surface area contributed by atoms with Crippen molar-refractivity contribution in [2.45, 2.75) is 36.6 Å². The molecule has 4 nitrogen and oxygen atoms in total. The van der Waals surface area contributed by atoms with Gasteiger partial charge in [0, 0.05) is 25.1 Å². The maximum Gasteiger partial charge on any atom is 0.251 e. The molecule has 1 heterocycles. The SMILES string of the molecule is COCC(Br)CCNC(=O)C1(C)CCCO1. The van der Waals surface area contributed by atoms with Gasteiger partial charge in [-0.15, -0.1) is 0 Å². The highest BCUT2D eigenvalue weighted by Gasteiger charge is 2.37. The number of carbonyl (C=O) groups excluding carboxylic acids is 1. The van der Waals surface area contributed by atoms with Crippen LogP contribution in [0, 0.1) is 0 Å². The minimum Gasteiger partial charge on any atom is -0.384 e. The van der Waals surface area contributed by atoms with Crippen LogP contribution < -0.4 is 5.32 Å². The van der Waals surface area contributed by atoms with Gasteiger partial charge in [-0.1, -0.05) is 15.9 Å². The zero-order valence-electron chi connectivity index (χ0n) is 9.92. The number of carbonyl (C=O) groups is 1. The van der Waals surface area contributed by atoms with E-state index in [2.05, 4.69) is 21.2 Å². The number of amides is 1. The zero-order chi connectivity index (χ0) is 12.0. The van der Waals surface area contributed by atoms with Crippen molar-refractivity contribution in [2.24, 2.45) is 0 Å². The third kappa shape index (κ3) is 4.03. The van der Waals surface area contributed by atoms with Gasteiger partial charge in [-0.3, -0.25) is 4.79 Å². The smallest absolute Gasteiger partial charge is 0.251 e. The maximum atomic E-state index is 11.8. The highest BCUT2D eigenvalue weighted by atomic mass is 79.9. The van der Waals surface area contributed by atoms with E-state index in [0.29, 0.717) is 19.8 Å². The largest absolute Gasteiger partial charge is 0.384 e. The fourth-order valence-corrected chi connectivity index (χ4v) is 2.24. The summed E-state index contributed by atoms with van der Waals surface area (Å²) < 4.78 is 10.5. The van der Waals surface area contributed by atoms with Crippen molar-refractivity contribution in [3.63, 3.8) is 0 Å². The van der Waals surface area contributed by atoms with Gasteiger partial charge >= 0.3 is 0 Å². The van der Waals surface area contributed by atoms with Crippen LogP contribution in [0.15, 0.2) is 0 Å². The molecule has 1 amide bonds. The van der Waals surface area contributed by atoms with Crippen LogP contribution in [-0.2, 0) is 14.3 Å². The van der Waals surface area contributed by atoms with E-state index in [1.165, 1.54) is 0 Å². The van der Waals surface area contributed by atoms with Crippen LogP contribution in [0.4, 0.5) is 0 Å². The fraction of sp³-hybridized carbons (Fsp3) is 0.909. The van der Waals surface area contributed by atoms with Gasteiger partial charge in [0.15, 0.2) is 0 Å². The number of rotatable bonds is 6. The number of halogens is 1. The Bertz CT molecular complexity index is 229. The van der Waals surface area contributed by atoms with Crippen LogP contribution in [0.1, 0.15) is 26.2 Å². The third-order valence-corrected chi connectivity index (χ3v) is 3.51. The maximum absolute atomic E-state index is 11.8. The summed E-state index contributed by atoms with van der Waals surface area (Å²) >= 11 is 3.48. The molecule has 1 rings (SSSR count). The standard InChI is InChI=1S/C11H20BrNO3/c1-11(5-3-7-16-11)10(14)13-6-4-9(12)8-15-2/h9H,3-8H2,1-2H3,(H,13,14). The fourth-order valence-electron chi connectivity index (χ4n) is 1.75. The van der Waals surface area contributed by atoms with Gasteiger partial charge in [0.25, 0.3) is 5.91 Å². The van der Waals surface area contributed by atoms with Crippen molar-refractivity contribution in [1.29, 1.82) is 0 Å². The quantitative estimate of drug-likeness (QED) is 0.755. The first-order valence-electron chi connectivity index (χ1n) is 5.64. The predicted octanol–water partition coefficient (Wildman–Crippen LogP) is 1.47. The molecule has 0 aromatic carbocycles. The van der Waals surface area contributed by atoms with Gasteiger partial charge in [-0.05, 0) is 26.2 Å². The first-order chi connectivity index (χ1) is 7.58. The lowest BCUT2D eigenvalue weighted by molar-refractivity contribution is -0.139. The molecule has 2 unspecified atom stereocenters. The topological polar surface area (TPSA) is 47.6 Å². The second-order valence-electron chi connectivity index (χ2n) is 4.28. The van der Waals surface area contributed by atoms with Crippen LogP contribution >= 0.6 is 15.9 Å². The van der Waals surface area contributed by atoms with Crippen LogP contribution in [0.3, 0.4) is 0 Å². The Balaban J connectivity index is 2.19. The van der Waals surface area contributed by atoms with Crippen LogP contribution in [0.2, 0.25) is 0 Å². The summed E-state index contributed by atoms with van der Waals surface area (Å²) in [7, 11) is 1.67. The summed E-state index contributed by atoms with van der Waals surface area (Å²) in [4.78, 5) is 12.1. The van der Waals surface area contributed by atoms with E-state index >= 15 is 0 Å². The zero-order valence-corrected chi connectivity index (χ0v) is 11.5. The van der Waals surface area contributed by atoms with Gasteiger partial charge in [-0.2, -0.15) is 0 Å². The van der Waals surface area contributed by atoms with Crippen molar-refractivity contribution >= 4 is 21.8 Å². The molecule has 0 radical (unpaired) electrons. The molecular formula is C11H20BrNO3. The summed E-state index contributed by atoms with van der Waals surface area (Å²) in [5.41, 5.74) is -0.608. The molecule has 1 N–H and O–H groups in total. The first-order valence-corrected chi connectivity index (χ1v) is 6.55. The minimum atomic E-state index is -0.608. The van der Waals surface area contributed by atoms with E-state index in [9.17, 15) is 4.79 Å². The second-order valence-corrected chi connectivity index (χ2v) is 5.58. The Morgan fingerprint density at radius 2 is 2.44 bits per heavy atom. The van der Waals surface area contributed by atoms with Crippen molar-refractivity contribution in [3.05, 3.63) is 0 Å². The van der Waals surface area contributed by atoms with Crippen LogP contribution in [0.5, 0.6) is 0 Å². The number of alkyl halides is 1. The molecule has 0 bridgehead atoms. The Morgan fingerprint density at radius 1 is 1.69 bits per heavy atom. The molecule has 1 fully saturated rings. The summed E-state index contributed by atoms with van der Waals surface area (Å²) in [5.74, 6) is 0.00196. The Hall–Kier alpha value is -0.130.